The van der Waals surface area contributed by atoms with Gasteiger partial charge in [0.2, 0.25) is 5.91 Å². The summed E-state index contributed by atoms with van der Waals surface area (Å²) in [6.45, 7) is 2.84. The number of thiophene rings is 1. The minimum atomic E-state index is 0.261. The molecule has 4 heterocycles. The number of rotatable bonds is 2. The fourth-order valence-corrected chi connectivity index (χ4v) is 4.31. The predicted molar refractivity (Wildman–Crippen MR) is 80.1 cm³/mol. The fraction of sp³-hybridized carbons (Fsp3) is 0.533. The average Bonchev–Trinajstić information content (AvgIpc) is 3.12. The molecule has 0 aromatic carbocycles. The van der Waals surface area contributed by atoms with E-state index in [2.05, 4.69) is 25.0 Å². The number of nitrogens with zero attached hydrogens (tertiary/aromatic N) is 4. The van der Waals surface area contributed by atoms with Crippen molar-refractivity contribution in [2.24, 2.45) is 0 Å². The lowest BCUT2D eigenvalue weighted by atomic mass is 10.1. The highest BCUT2D eigenvalue weighted by Gasteiger charge is 2.40. The van der Waals surface area contributed by atoms with E-state index in [1.807, 2.05) is 18.4 Å². The van der Waals surface area contributed by atoms with Crippen molar-refractivity contribution in [1.29, 1.82) is 0 Å². The Balaban J connectivity index is 1.59. The largest absolute Gasteiger partial charge is 0.334 e. The van der Waals surface area contributed by atoms with E-state index in [4.69, 9.17) is 0 Å². The maximum atomic E-state index is 12.7. The van der Waals surface area contributed by atoms with Crippen LogP contribution < -0.4 is 0 Å². The second kappa shape index (κ2) is 4.94. The van der Waals surface area contributed by atoms with Crippen LogP contribution in [0.3, 0.4) is 0 Å². The molecule has 1 fully saturated rings. The van der Waals surface area contributed by atoms with E-state index in [9.17, 15) is 4.79 Å². The summed E-state index contributed by atoms with van der Waals surface area (Å²) in [6.07, 6.45) is 3.55. The lowest BCUT2D eigenvalue weighted by Gasteiger charge is -2.28. The van der Waals surface area contributed by atoms with Crippen molar-refractivity contribution in [3.8, 4) is 0 Å². The van der Waals surface area contributed by atoms with Crippen molar-refractivity contribution in [1.82, 2.24) is 19.7 Å². The Bertz CT molecular complexity index is 663. The van der Waals surface area contributed by atoms with Crippen molar-refractivity contribution in [2.45, 2.75) is 51.2 Å². The summed E-state index contributed by atoms with van der Waals surface area (Å²) < 4.78 is 2.19. The highest BCUT2D eigenvalue weighted by Crippen LogP contribution is 2.32. The molecule has 6 heteroatoms. The Hall–Kier alpha value is -1.69. The second-order valence-corrected chi connectivity index (χ2v) is 6.75. The predicted octanol–water partition coefficient (Wildman–Crippen LogP) is 1.81. The Labute approximate surface area is 127 Å². The van der Waals surface area contributed by atoms with Crippen molar-refractivity contribution >= 4 is 17.2 Å². The molecule has 0 unspecified atom stereocenters. The van der Waals surface area contributed by atoms with Gasteiger partial charge in [-0.1, -0.05) is 0 Å². The smallest absolute Gasteiger partial charge is 0.227 e. The zero-order chi connectivity index (χ0) is 14.4. The molecule has 2 aliphatic rings. The molecule has 2 atom stereocenters. The van der Waals surface area contributed by atoms with Crippen molar-refractivity contribution in [2.75, 3.05) is 0 Å². The Morgan fingerprint density at radius 3 is 3.05 bits per heavy atom. The normalized spacial score (nSPS) is 24.0. The summed E-state index contributed by atoms with van der Waals surface area (Å²) in [5.74, 6) is 2.26. The van der Waals surface area contributed by atoms with Gasteiger partial charge in [-0.05, 0) is 42.2 Å². The van der Waals surface area contributed by atoms with E-state index >= 15 is 0 Å². The molecule has 2 bridgehead atoms. The summed E-state index contributed by atoms with van der Waals surface area (Å²) in [7, 11) is 0. The minimum Gasteiger partial charge on any atom is -0.334 e. The van der Waals surface area contributed by atoms with Crippen LogP contribution in [-0.2, 0) is 24.2 Å². The first kappa shape index (κ1) is 13.0. The average molecular weight is 302 g/mol. The summed E-state index contributed by atoms with van der Waals surface area (Å²) in [6, 6.07) is 2.64. The molecule has 0 N–H and O–H groups in total. The fourth-order valence-electron chi connectivity index (χ4n) is 3.64. The van der Waals surface area contributed by atoms with Crippen molar-refractivity contribution in [3.05, 3.63) is 34.0 Å². The quantitative estimate of drug-likeness (QED) is 0.850. The minimum absolute atomic E-state index is 0.261. The molecule has 0 saturated carbocycles. The van der Waals surface area contributed by atoms with Gasteiger partial charge in [0.05, 0.1) is 12.5 Å². The molecule has 2 aliphatic heterocycles. The van der Waals surface area contributed by atoms with E-state index < -0.39 is 0 Å². The van der Waals surface area contributed by atoms with Gasteiger partial charge in [-0.3, -0.25) is 4.79 Å². The maximum absolute atomic E-state index is 12.7. The van der Waals surface area contributed by atoms with Crippen LogP contribution in [0.4, 0.5) is 0 Å². The number of fused-ring (bicyclic) bond motifs is 3. The molecule has 5 nitrogen and oxygen atoms in total. The topological polar surface area (TPSA) is 51.0 Å². The van der Waals surface area contributed by atoms with Crippen LogP contribution in [0.2, 0.25) is 0 Å². The van der Waals surface area contributed by atoms with E-state index in [1.165, 1.54) is 0 Å². The first-order valence-corrected chi connectivity index (χ1v) is 8.37. The Morgan fingerprint density at radius 1 is 1.38 bits per heavy atom. The summed E-state index contributed by atoms with van der Waals surface area (Å²) in [5.41, 5.74) is 1.13. The molecule has 0 aliphatic carbocycles. The molecule has 1 amide bonds. The number of carbonyl (C=O) groups is 1. The van der Waals surface area contributed by atoms with Gasteiger partial charge in [-0.2, -0.15) is 11.3 Å². The van der Waals surface area contributed by atoms with Crippen molar-refractivity contribution < 1.29 is 4.79 Å². The third-order valence-electron chi connectivity index (χ3n) is 4.67. The number of carbonyl (C=O) groups excluding carboxylic acids is 1. The summed E-state index contributed by atoms with van der Waals surface area (Å²) >= 11 is 1.65. The van der Waals surface area contributed by atoms with E-state index in [-0.39, 0.29) is 5.91 Å². The summed E-state index contributed by atoms with van der Waals surface area (Å²) in [4.78, 5) is 14.9. The lowest BCUT2D eigenvalue weighted by molar-refractivity contribution is -0.133. The third kappa shape index (κ3) is 2.18. The highest BCUT2D eigenvalue weighted by atomic mass is 32.1. The summed E-state index contributed by atoms with van der Waals surface area (Å²) in [5, 5.41) is 12.6. The Morgan fingerprint density at radius 2 is 2.24 bits per heavy atom. The number of hydrogen-bond acceptors (Lipinski definition) is 4. The van der Waals surface area contributed by atoms with Gasteiger partial charge in [0.15, 0.2) is 0 Å². The molecule has 0 spiro atoms. The zero-order valence-electron chi connectivity index (χ0n) is 12.0. The van der Waals surface area contributed by atoms with Gasteiger partial charge in [-0.25, -0.2) is 0 Å². The standard InChI is InChI=1S/C15H18N4OS/c1-10-16-17-14-7-12-2-3-13(8-18(10)14)19(12)15(20)6-11-4-5-21-9-11/h4-5,9,12-13H,2-3,6-8H2,1H3/t12-,13+/m0/s1. The molecule has 2 aromatic rings. The molecular weight excluding hydrogens is 284 g/mol. The lowest BCUT2D eigenvalue weighted by Crippen LogP contribution is -2.42. The van der Waals surface area contributed by atoms with E-state index in [1.54, 1.807) is 11.3 Å². The van der Waals surface area contributed by atoms with Gasteiger partial charge in [-0.15, -0.1) is 10.2 Å². The van der Waals surface area contributed by atoms with Crippen LogP contribution in [0, 0.1) is 6.92 Å². The zero-order valence-corrected chi connectivity index (χ0v) is 12.8. The maximum Gasteiger partial charge on any atom is 0.227 e. The SMILES string of the molecule is Cc1nnc2n1C[C@H]1CC[C@@H](C2)N1C(=O)Cc1ccsc1. The first-order chi connectivity index (χ1) is 10.2. The van der Waals surface area contributed by atoms with Gasteiger partial charge in [0.25, 0.3) is 0 Å². The number of aromatic nitrogens is 3. The molecule has 2 aromatic heterocycles. The second-order valence-electron chi connectivity index (χ2n) is 5.97. The molecule has 4 rings (SSSR count). The van der Waals surface area contributed by atoms with E-state index in [0.29, 0.717) is 18.5 Å². The molecular formula is C15H18N4OS. The van der Waals surface area contributed by atoms with Crippen molar-refractivity contribution in [3.63, 3.8) is 0 Å². The van der Waals surface area contributed by atoms with Crippen LogP contribution in [0.25, 0.3) is 0 Å². The third-order valence-corrected chi connectivity index (χ3v) is 5.40. The number of amides is 1. The van der Waals surface area contributed by atoms with Gasteiger partial charge < -0.3 is 9.47 Å². The number of aryl methyl sites for hydroxylation is 1. The van der Waals surface area contributed by atoms with Crippen LogP contribution in [-0.4, -0.2) is 37.7 Å². The molecule has 110 valence electrons. The molecule has 21 heavy (non-hydrogen) atoms. The van der Waals surface area contributed by atoms with Crippen LogP contribution >= 0.6 is 11.3 Å². The molecule has 0 radical (unpaired) electrons. The first-order valence-electron chi connectivity index (χ1n) is 7.43. The number of hydrogen-bond donors (Lipinski definition) is 0. The van der Waals surface area contributed by atoms with Crippen LogP contribution in [0.1, 0.15) is 30.1 Å². The monoisotopic (exact) mass is 302 g/mol. The van der Waals surface area contributed by atoms with Crippen LogP contribution in [0.15, 0.2) is 16.8 Å². The van der Waals surface area contributed by atoms with Gasteiger partial charge in [0.1, 0.15) is 11.6 Å². The van der Waals surface area contributed by atoms with E-state index in [0.717, 1.165) is 43.0 Å². The molecule has 1 saturated heterocycles. The highest BCUT2D eigenvalue weighted by molar-refractivity contribution is 7.07. The van der Waals surface area contributed by atoms with Gasteiger partial charge in [0, 0.05) is 19.0 Å². The van der Waals surface area contributed by atoms with Gasteiger partial charge >= 0.3 is 0 Å². The van der Waals surface area contributed by atoms with Crippen LogP contribution in [0.5, 0.6) is 0 Å². The Kier molecular flexibility index (Phi) is 3.06.